The van der Waals surface area contributed by atoms with E-state index >= 15 is 0 Å². The van der Waals surface area contributed by atoms with E-state index in [2.05, 4.69) is 45.6 Å². The molecule has 0 aliphatic heterocycles. The number of hydrogen-bond donors (Lipinski definition) is 1. The minimum absolute atomic E-state index is 0.663. The second-order valence-electron chi connectivity index (χ2n) is 4.72. The predicted octanol–water partition coefficient (Wildman–Crippen LogP) is 3.69. The van der Waals surface area contributed by atoms with Crippen LogP contribution in [0.4, 0.5) is 5.82 Å². The van der Waals surface area contributed by atoms with Crippen LogP contribution in [0.1, 0.15) is 30.3 Å². The standard InChI is InChI=1S/C15H17N3S/c1-16-14-9-13(11-7-8-11)17-15(18-14)10-19-12-5-3-2-4-6-12/h2-6,9,11H,7-8,10H2,1H3,(H,16,17,18). The monoisotopic (exact) mass is 271 g/mol. The van der Waals surface area contributed by atoms with Crippen LogP contribution in [-0.4, -0.2) is 17.0 Å². The molecule has 3 nitrogen and oxygen atoms in total. The molecule has 0 amide bonds. The van der Waals surface area contributed by atoms with Gasteiger partial charge in [-0.25, -0.2) is 9.97 Å². The summed E-state index contributed by atoms with van der Waals surface area (Å²) in [5.74, 6) is 3.33. The molecule has 1 heterocycles. The first-order valence-electron chi connectivity index (χ1n) is 6.58. The molecule has 1 saturated carbocycles. The Morgan fingerprint density at radius 3 is 2.68 bits per heavy atom. The molecule has 0 radical (unpaired) electrons. The van der Waals surface area contributed by atoms with Gasteiger partial charge >= 0.3 is 0 Å². The van der Waals surface area contributed by atoms with Crippen molar-refractivity contribution in [3.05, 3.63) is 47.9 Å². The Morgan fingerprint density at radius 2 is 2.00 bits per heavy atom. The van der Waals surface area contributed by atoms with Crippen molar-refractivity contribution in [1.29, 1.82) is 0 Å². The van der Waals surface area contributed by atoms with E-state index in [9.17, 15) is 0 Å². The second kappa shape index (κ2) is 5.61. The van der Waals surface area contributed by atoms with Gasteiger partial charge in [0.15, 0.2) is 0 Å². The van der Waals surface area contributed by atoms with E-state index in [4.69, 9.17) is 0 Å². The fourth-order valence-electron chi connectivity index (χ4n) is 1.96. The molecule has 0 saturated heterocycles. The third kappa shape index (κ3) is 3.26. The van der Waals surface area contributed by atoms with Gasteiger partial charge in [0.05, 0.1) is 5.75 Å². The second-order valence-corrected chi connectivity index (χ2v) is 5.77. The molecule has 1 aliphatic rings. The lowest BCUT2D eigenvalue weighted by Gasteiger charge is -2.07. The van der Waals surface area contributed by atoms with Crippen molar-refractivity contribution < 1.29 is 0 Å². The van der Waals surface area contributed by atoms with Gasteiger partial charge in [-0.15, -0.1) is 11.8 Å². The Kier molecular flexibility index (Phi) is 3.69. The van der Waals surface area contributed by atoms with Crippen molar-refractivity contribution in [3.63, 3.8) is 0 Å². The van der Waals surface area contributed by atoms with Crippen molar-refractivity contribution >= 4 is 17.6 Å². The summed E-state index contributed by atoms with van der Waals surface area (Å²) in [6.45, 7) is 0. The molecule has 1 aliphatic carbocycles. The van der Waals surface area contributed by atoms with E-state index in [1.54, 1.807) is 11.8 Å². The quantitative estimate of drug-likeness (QED) is 0.842. The molecule has 0 atom stereocenters. The maximum Gasteiger partial charge on any atom is 0.141 e. The number of benzene rings is 1. The van der Waals surface area contributed by atoms with Crippen LogP contribution in [0.3, 0.4) is 0 Å². The lowest BCUT2D eigenvalue weighted by atomic mass is 10.3. The Labute approximate surface area is 117 Å². The van der Waals surface area contributed by atoms with E-state index in [-0.39, 0.29) is 0 Å². The van der Waals surface area contributed by atoms with Crippen molar-refractivity contribution in [3.8, 4) is 0 Å². The molecule has 0 spiro atoms. The fraction of sp³-hybridized carbons (Fsp3) is 0.333. The summed E-state index contributed by atoms with van der Waals surface area (Å²) in [7, 11) is 1.91. The van der Waals surface area contributed by atoms with Gasteiger partial charge < -0.3 is 5.32 Å². The van der Waals surface area contributed by atoms with Gasteiger partial charge in [0.25, 0.3) is 0 Å². The molecule has 0 unspecified atom stereocenters. The Morgan fingerprint density at radius 1 is 1.21 bits per heavy atom. The van der Waals surface area contributed by atoms with Crippen LogP contribution >= 0.6 is 11.8 Å². The number of rotatable bonds is 5. The van der Waals surface area contributed by atoms with Gasteiger partial charge in [-0.1, -0.05) is 18.2 Å². The molecule has 98 valence electrons. The molecule has 1 fully saturated rings. The van der Waals surface area contributed by atoms with Gasteiger partial charge in [0, 0.05) is 29.6 Å². The van der Waals surface area contributed by atoms with E-state index in [0.29, 0.717) is 5.92 Å². The van der Waals surface area contributed by atoms with Crippen molar-refractivity contribution in [2.75, 3.05) is 12.4 Å². The highest BCUT2D eigenvalue weighted by Crippen LogP contribution is 2.39. The molecule has 0 bridgehead atoms. The summed E-state index contributed by atoms with van der Waals surface area (Å²) < 4.78 is 0. The first kappa shape index (κ1) is 12.5. The van der Waals surface area contributed by atoms with Crippen LogP contribution in [0.2, 0.25) is 0 Å². The molecule has 2 aromatic rings. The molecule has 1 aromatic carbocycles. The van der Waals surface area contributed by atoms with Crippen LogP contribution in [0.5, 0.6) is 0 Å². The lowest BCUT2D eigenvalue weighted by Crippen LogP contribution is -2.02. The Hall–Kier alpha value is -1.55. The maximum atomic E-state index is 4.69. The van der Waals surface area contributed by atoms with Gasteiger partial charge in [0.2, 0.25) is 0 Å². The number of thioether (sulfide) groups is 1. The van der Waals surface area contributed by atoms with Crippen LogP contribution in [-0.2, 0) is 5.75 Å². The summed E-state index contributed by atoms with van der Waals surface area (Å²) in [6, 6.07) is 12.5. The maximum absolute atomic E-state index is 4.69. The van der Waals surface area contributed by atoms with Crippen molar-refractivity contribution in [1.82, 2.24) is 9.97 Å². The number of aromatic nitrogens is 2. The first-order chi connectivity index (χ1) is 9.35. The number of nitrogens with one attached hydrogen (secondary N) is 1. The molecular weight excluding hydrogens is 254 g/mol. The average Bonchev–Trinajstić information content (AvgIpc) is 3.30. The van der Waals surface area contributed by atoms with E-state index in [0.717, 1.165) is 17.4 Å². The number of nitrogens with zero attached hydrogens (tertiary/aromatic N) is 2. The minimum Gasteiger partial charge on any atom is -0.373 e. The van der Waals surface area contributed by atoms with Crippen LogP contribution in [0.15, 0.2) is 41.3 Å². The van der Waals surface area contributed by atoms with Gasteiger partial charge in [-0.2, -0.15) is 0 Å². The van der Waals surface area contributed by atoms with E-state index < -0.39 is 0 Å². The fourth-order valence-corrected chi connectivity index (χ4v) is 2.74. The molecule has 4 heteroatoms. The highest BCUT2D eigenvalue weighted by atomic mass is 32.2. The highest BCUT2D eigenvalue weighted by molar-refractivity contribution is 7.98. The summed E-state index contributed by atoms with van der Waals surface area (Å²) in [6.07, 6.45) is 2.54. The average molecular weight is 271 g/mol. The molecule has 3 rings (SSSR count). The molecular formula is C15H17N3S. The molecule has 1 aromatic heterocycles. The summed E-state index contributed by atoms with van der Waals surface area (Å²) in [5.41, 5.74) is 1.20. The van der Waals surface area contributed by atoms with E-state index in [1.165, 1.54) is 23.4 Å². The first-order valence-corrected chi connectivity index (χ1v) is 7.57. The van der Waals surface area contributed by atoms with Crippen molar-refractivity contribution in [2.45, 2.75) is 29.4 Å². The third-order valence-electron chi connectivity index (χ3n) is 3.16. The zero-order valence-corrected chi connectivity index (χ0v) is 11.8. The third-order valence-corrected chi connectivity index (χ3v) is 4.16. The SMILES string of the molecule is CNc1cc(C2CC2)nc(CSc2ccccc2)n1. The van der Waals surface area contributed by atoms with Crippen LogP contribution in [0, 0.1) is 0 Å². The largest absolute Gasteiger partial charge is 0.373 e. The van der Waals surface area contributed by atoms with Crippen LogP contribution < -0.4 is 5.32 Å². The topological polar surface area (TPSA) is 37.8 Å². The smallest absolute Gasteiger partial charge is 0.141 e. The Bertz CT molecular complexity index is 553. The van der Waals surface area contributed by atoms with Gasteiger partial charge in [-0.05, 0) is 25.0 Å². The summed E-state index contributed by atoms with van der Waals surface area (Å²) in [4.78, 5) is 10.5. The summed E-state index contributed by atoms with van der Waals surface area (Å²) >= 11 is 1.78. The minimum atomic E-state index is 0.663. The Balaban J connectivity index is 1.74. The van der Waals surface area contributed by atoms with E-state index in [1.807, 2.05) is 13.1 Å². The van der Waals surface area contributed by atoms with Crippen LogP contribution in [0.25, 0.3) is 0 Å². The van der Waals surface area contributed by atoms with Crippen molar-refractivity contribution in [2.24, 2.45) is 0 Å². The number of anilines is 1. The molecule has 19 heavy (non-hydrogen) atoms. The zero-order chi connectivity index (χ0) is 13.1. The summed E-state index contributed by atoms with van der Waals surface area (Å²) in [5, 5.41) is 3.13. The van der Waals surface area contributed by atoms with Gasteiger partial charge in [0.1, 0.15) is 11.6 Å². The predicted molar refractivity (Wildman–Crippen MR) is 79.6 cm³/mol. The lowest BCUT2D eigenvalue weighted by molar-refractivity contribution is 0.933. The number of hydrogen-bond acceptors (Lipinski definition) is 4. The zero-order valence-electron chi connectivity index (χ0n) is 11.0. The van der Waals surface area contributed by atoms with Gasteiger partial charge in [-0.3, -0.25) is 0 Å². The highest BCUT2D eigenvalue weighted by Gasteiger charge is 2.26. The molecule has 1 N–H and O–H groups in total. The normalized spacial score (nSPS) is 14.4.